The maximum absolute atomic E-state index is 12.9. The molecule has 0 atom stereocenters. The Kier molecular flexibility index (Phi) is 6.82. The van der Waals surface area contributed by atoms with Crippen LogP contribution >= 0.6 is 22.9 Å². The molecule has 0 aliphatic carbocycles. The number of nitrogens with one attached hydrogen (secondary N) is 1. The van der Waals surface area contributed by atoms with E-state index in [0.29, 0.717) is 44.5 Å². The molecule has 2 aromatic carbocycles. The first kappa shape index (κ1) is 21.9. The highest BCUT2D eigenvalue weighted by Crippen LogP contribution is 2.28. The molecule has 0 bridgehead atoms. The Morgan fingerprint density at radius 2 is 2.10 bits per heavy atom. The molecule has 0 amide bonds. The summed E-state index contributed by atoms with van der Waals surface area (Å²) in [6.45, 7) is 0. The van der Waals surface area contributed by atoms with E-state index in [2.05, 4.69) is 26.3 Å². The highest BCUT2D eigenvalue weighted by molar-refractivity contribution is 7.92. The van der Waals surface area contributed by atoms with Crippen LogP contribution in [-0.2, 0) is 19.6 Å². The number of esters is 1. The van der Waals surface area contributed by atoms with E-state index < -0.39 is 10.0 Å². The molecule has 0 aliphatic rings. The lowest BCUT2D eigenvalue weighted by molar-refractivity contribution is -0.140. The second-order valence-corrected chi connectivity index (χ2v) is 9.39. The van der Waals surface area contributed by atoms with E-state index in [4.69, 9.17) is 17.3 Å². The number of carbonyl (C=O) groups is 1. The molecule has 0 saturated heterocycles. The second-order valence-electron chi connectivity index (χ2n) is 6.21. The van der Waals surface area contributed by atoms with Crippen LogP contribution in [0.5, 0.6) is 0 Å². The first-order valence-electron chi connectivity index (χ1n) is 8.82. The van der Waals surface area contributed by atoms with Gasteiger partial charge in [-0.25, -0.2) is 13.4 Å². The Balaban J connectivity index is 1.82. The summed E-state index contributed by atoms with van der Waals surface area (Å²) in [6, 6.07) is 9.33. The van der Waals surface area contributed by atoms with Crippen molar-refractivity contribution in [1.29, 1.82) is 0 Å². The molecule has 156 valence electrons. The molecule has 30 heavy (non-hydrogen) atoms. The van der Waals surface area contributed by atoms with E-state index >= 15 is 0 Å². The number of nitrogen functional groups attached to an aromatic ring is 1. The van der Waals surface area contributed by atoms with Crippen LogP contribution in [0, 0.1) is 11.8 Å². The predicted octanol–water partition coefficient (Wildman–Crippen LogP) is 4.03. The lowest BCUT2D eigenvalue weighted by Gasteiger charge is -2.10. The van der Waals surface area contributed by atoms with Gasteiger partial charge in [-0.1, -0.05) is 34.8 Å². The number of nitrogens with zero attached hydrogens (tertiary/aromatic N) is 1. The third kappa shape index (κ3) is 5.42. The molecule has 1 heterocycles. The first-order chi connectivity index (χ1) is 14.3. The average molecular weight is 464 g/mol. The molecular formula is C20H18ClN3O4S2. The van der Waals surface area contributed by atoms with Gasteiger partial charge >= 0.3 is 5.97 Å². The number of aromatic nitrogens is 1. The number of methoxy groups -OCH3 is 1. The third-order valence-corrected chi connectivity index (χ3v) is 6.49. The van der Waals surface area contributed by atoms with Crippen LogP contribution in [0.2, 0.25) is 5.02 Å². The number of benzene rings is 2. The molecule has 10 heteroatoms. The van der Waals surface area contributed by atoms with Gasteiger partial charge in [-0.05, 0) is 42.8 Å². The zero-order chi connectivity index (χ0) is 21.7. The lowest BCUT2D eigenvalue weighted by Crippen LogP contribution is -2.13. The summed E-state index contributed by atoms with van der Waals surface area (Å²) in [6.07, 6.45) is 1.27. The second kappa shape index (κ2) is 9.34. The Hall–Kier alpha value is -2.80. The summed E-state index contributed by atoms with van der Waals surface area (Å²) in [7, 11) is -2.53. The minimum atomic E-state index is -3.86. The molecule has 3 N–H and O–H groups in total. The topological polar surface area (TPSA) is 111 Å². The Morgan fingerprint density at radius 3 is 2.87 bits per heavy atom. The minimum Gasteiger partial charge on any atom is -0.469 e. The largest absolute Gasteiger partial charge is 0.469 e. The van der Waals surface area contributed by atoms with E-state index in [0.717, 1.165) is 0 Å². The van der Waals surface area contributed by atoms with Gasteiger partial charge in [-0.2, -0.15) is 0 Å². The SMILES string of the molecule is COC(=O)CCCC#Cc1cc(Cl)ccc1NS(=O)(=O)c1ccc2nc(N)sc2c1. The van der Waals surface area contributed by atoms with Gasteiger partial charge < -0.3 is 10.5 Å². The smallest absolute Gasteiger partial charge is 0.305 e. The number of sulfonamides is 1. The lowest BCUT2D eigenvalue weighted by atomic mass is 10.1. The van der Waals surface area contributed by atoms with Crippen LogP contribution in [0.3, 0.4) is 0 Å². The van der Waals surface area contributed by atoms with Gasteiger partial charge in [0.25, 0.3) is 10.0 Å². The zero-order valence-corrected chi connectivity index (χ0v) is 18.3. The van der Waals surface area contributed by atoms with Crippen LogP contribution in [0.1, 0.15) is 24.8 Å². The molecule has 0 unspecified atom stereocenters. The van der Waals surface area contributed by atoms with Crippen molar-refractivity contribution in [3.8, 4) is 11.8 Å². The van der Waals surface area contributed by atoms with Gasteiger partial charge in [0.15, 0.2) is 5.13 Å². The van der Waals surface area contributed by atoms with Crippen molar-refractivity contribution >= 4 is 60.0 Å². The molecule has 0 fully saturated rings. The van der Waals surface area contributed by atoms with E-state index in [-0.39, 0.29) is 17.3 Å². The molecule has 1 aromatic heterocycles. The highest BCUT2D eigenvalue weighted by atomic mass is 35.5. The fraction of sp³-hybridized carbons (Fsp3) is 0.200. The number of thiazole rings is 1. The highest BCUT2D eigenvalue weighted by Gasteiger charge is 2.17. The summed E-state index contributed by atoms with van der Waals surface area (Å²) in [5.74, 6) is 5.55. The number of nitrogens with two attached hydrogens (primary N) is 1. The maximum atomic E-state index is 12.9. The van der Waals surface area contributed by atoms with Gasteiger partial charge in [0, 0.05) is 17.9 Å². The Bertz CT molecular complexity index is 1260. The summed E-state index contributed by atoms with van der Waals surface area (Å²) in [5, 5.41) is 0.799. The van der Waals surface area contributed by atoms with Crippen molar-refractivity contribution in [3.05, 3.63) is 47.0 Å². The van der Waals surface area contributed by atoms with Crippen LogP contribution in [-0.4, -0.2) is 26.5 Å². The number of halogens is 1. The normalized spacial score (nSPS) is 11.0. The molecule has 0 spiro atoms. The Labute approximate surface area is 183 Å². The molecular weight excluding hydrogens is 446 g/mol. The van der Waals surface area contributed by atoms with Gasteiger partial charge in [-0.15, -0.1) is 0 Å². The molecule has 7 nitrogen and oxygen atoms in total. The fourth-order valence-electron chi connectivity index (χ4n) is 2.58. The average Bonchev–Trinajstić information content (AvgIpc) is 3.08. The third-order valence-electron chi connectivity index (χ3n) is 4.05. The van der Waals surface area contributed by atoms with E-state index in [1.807, 2.05) is 0 Å². The number of rotatable bonds is 6. The van der Waals surface area contributed by atoms with E-state index in [9.17, 15) is 13.2 Å². The molecule has 0 aliphatic heterocycles. The number of fused-ring (bicyclic) bond motifs is 1. The first-order valence-corrected chi connectivity index (χ1v) is 11.5. The van der Waals surface area contributed by atoms with Crippen molar-refractivity contribution in [2.45, 2.75) is 24.2 Å². The maximum Gasteiger partial charge on any atom is 0.305 e. The van der Waals surface area contributed by atoms with Crippen molar-refractivity contribution in [3.63, 3.8) is 0 Å². The fourth-order valence-corrected chi connectivity index (χ4v) is 4.71. The molecule has 0 saturated carbocycles. The van der Waals surface area contributed by atoms with Crippen molar-refractivity contribution in [2.24, 2.45) is 0 Å². The molecule has 3 aromatic rings. The van der Waals surface area contributed by atoms with Crippen molar-refractivity contribution in [1.82, 2.24) is 4.98 Å². The van der Waals surface area contributed by atoms with Crippen LogP contribution in [0.25, 0.3) is 10.2 Å². The summed E-state index contributed by atoms with van der Waals surface area (Å²) in [5.41, 5.74) is 7.08. The summed E-state index contributed by atoms with van der Waals surface area (Å²) < 4.78 is 33.6. The predicted molar refractivity (Wildman–Crippen MR) is 119 cm³/mol. The zero-order valence-electron chi connectivity index (χ0n) is 15.9. The number of carbonyl (C=O) groups excluding carboxylic acids is 1. The van der Waals surface area contributed by atoms with Crippen LogP contribution in [0.4, 0.5) is 10.8 Å². The summed E-state index contributed by atoms with van der Waals surface area (Å²) in [4.78, 5) is 15.4. The quantitative estimate of drug-likeness (QED) is 0.324. The van der Waals surface area contributed by atoms with E-state index in [1.165, 1.54) is 30.6 Å². The van der Waals surface area contributed by atoms with Crippen molar-refractivity contribution in [2.75, 3.05) is 17.6 Å². The van der Waals surface area contributed by atoms with Gasteiger partial charge in [0.2, 0.25) is 0 Å². The van der Waals surface area contributed by atoms with Crippen LogP contribution < -0.4 is 10.5 Å². The van der Waals surface area contributed by atoms with E-state index in [1.54, 1.807) is 24.3 Å². The number of unbranched alkanes of at least 4 members (excludes halogenated alkanes) is 1. The minimum absolute atomic E-state index is 0.0885. The number of hydrogen-bond donors (Lipinski definition) is 2. The monoisotopic (exact) mass is 463 g/mol. The molecule has 0 radical (unpaired) electrons. The van der Waals surface area contributed by atoms with Crippen molar-refractivity contribution < 1.29 is 17.9 Å². The van der Waals surface area contributed by atoms with Gasteiger partial charge in [-0.3, -0.25) is 9.52 Å². The number of ether oxygens (including phenoxy) is 1. The van der Waals surface area contributed by atoms with Crippen LogP contribution in [0.15, 0.2) is 41.3 Å². The standard InChI is InChI=1S/C20H18ClN3O4S2/c1-28-19(25)6-4-2-3-5-13-11-14(21)7-9-16(13)24-30(26,27)15-8-10-17-18(12-15)29-20(22)23-17/h7-12,24H,2,4,6H2,1H3,(H2,22,23). The summed E-state index contributed by atoms with van der Waals surface area (Å²) >= 11 is 7.26. The Morgan fingerprint density at radius 1 is 1.30 bits per heavy atom. The number of hydrogen-bond acceptors (Lipinski definition) is 7. The molecule has 3 rings (SSSR count). The van der Waals surface area contributed by atoms with Gasteiger partial charge in [0.05, 0.1) is 33.5 Å². The number of anilines is 2. The van der Waals surface area contributed by atoms with Gasteiger partial charge in [0.1, 0.15) is 0 Å².